The lowest BCUT2D eigenvalue weighted by molar-refractivity contribution is 1.14. The number of benzene rings is 2. The van der Waals surface area contributed by atoms with Crippen LogP contribution in [-0.2, 0) is 0 Å². The van der Waals surface area contributed by atoms with Crippen LogP contribution in [0.4, 0.5) is 17.3 Å². The van der Waals surface area contributed by atoms with Crippen LogP contribution in [0.15, 0.2) is 60.9 Å². The van der Waals surface area contributed by atoms with E-state index in [2.05, 4.69) is 39.6 Å². The van der Waals surface area contributed by atoms with Crippen LogP contribution >= 0.6 is 0 Å². The quantitative estimate of drug-likeness (QED) is 0.764. The van der Waals surface area contributed by atoms with Gasteiger partial charge in [0.25, 0.3) is 0 Å². The average molecular weight is 276 g/mol. The highest BCUT2D eigenvalue weighted by molar-refractivity contribution is 5.69. The average Bonchev–Trinajstić information content (AvgIpc) is 2.53. The van der Waals surface area contributed by atoms with Crippen molar-refractivity contribution in [2.75, 3.05) is 11.1 Å². The van der Waals surface area contributed by atoms with E-state index in [0.29, 0.717) is 5.82 Å². The largest absolute Gasteiger partial charge is 0.383 e. The third kappa shape index (κ3) is 2.84. The first-order valence-corrected chi connectivity index (χ1v) is 6.73. The molecule has 0 saturated carbocycles. The molecule has 0 unspecified atom stereocenters. The third-order valence-corrected chi connectivity index (χ3v) is 3.38. The SMILES string of the molecule is Cc1c(N)ncnc1Nc1ccc(-c2ccccc2)cc1. The van der Waals surface area contributed by atoms with Gasteiger partial charge in [-0.15, -0.1) is 0 Å². The molecule has 21 heavy (non-hydrogen) atoms. The van der Waals surface area contributed by atoms with Crippen molar-refractivity contribution in [3.05, 3.63) is 66.5 Å². The minimum absolute atomic E-state index is 0.494. The number of nitrogens with one attached hydrogen (secondary N) is 1. The molecule has 0 bridgehead atoms. The number of nitrogens with two attached hydrogens (primary N) is 1. The standard InChI is InChI=1S/C17H16N4/c1-12-16(18)19-11-20-17(12)21-15-9-7-14(8-10-15)13-5-3-2-4-6-13/h2-11H,1H3,(H3,18,19,20,21). The molecule has 0 aliphatic rings. The maximum atomic E-state index is 5.78. The van der Waals surface area contributed by atoms with Gasteiger partial charge in [-0.2, -0.15) is 0 Å². The van der Waals surface area contributed by atoms with E-state index in [1.165, 1.54) is 17.5 Å². The number of anilines is 3. The molecule has 1 aromatic heterocycles. The Labute approximate surface area is 123 Å². The zero-order chi connectivity index (χ0) is 14.7. The predicted octanol–water partition coefficient (Wildman–Crippen LogP) is 3.78. The van der Waals surface area contributed by atoms with Gasteiger partial charge < -0.3 is 11.1 Å². The fourth-order valence-electron chi connectivity index (χ4n) is 2.10. The molecule has 0 aliphatic carbocycles. The van der Waals surface area contributed by atoms with Gasteiger partial charge in [0.05, 0.1) is 0 Å². The van der Waals surface area contributed by atoms with Gasteiger partial charge in [-0.05, 0) is 30.2 Å². The minimum atomic E-state index is 0.494. The van der Waals surface area contributed by atoms with Gasteiger partial charge in [-0.1, -0.05) is 42.5 Å². The molecular weight excluding hydrogens is 260 g/mol. The maximum Gasteiger partial charge on any atom is 0.138 e. The van der Waals surface area contributed by atoms with E-state index in [9.17, 15) is 0 Å². The molecule has 2 aromatic carbocycles. The molecule has 3 rings (SSSR count). The summed E-state index contributed by atoms with van der Waals surface area (Å²) in [5, 5.41) is 3.26. The van der Waals surface area contributed by atoms with E-state index >= 15 is 0 Å². The first-order chi connectivity index (χ1) is 10.2. The van der Waals surface area contributed by atoms with Crippen LogP contribution in [0.25, 0.3) is 11.1 Å². The van der Waals surface area contributed by atoms with Gasteiger partial charge in [-0.3, -0.25) is 0 Å². The molecule has 1 heterocycles. The maximum absolute atomic E-state index is 5.78. The molecule has 3 N–H and O–H groups in total. The number of nitrogen functional groups attached to an aromatic ring is 1. The van der Waals surface area contributed by atoms with E-state index < -0.39 is 0 Å². The summed E-state index contributed by atoms with van der Waals surface area (Å²) in [6.07, 6.45) is 1.46. The Bertz CT molecular complexity index is 736. The second-order valence-electron chi connectivity index (χ2n) is 4.80. The highest BCUT2D eigenvalue weighted by atomic mass is 15.0. The van der Waals surface area contributed by atoms with Crippen LogP contribution in [-0.4, -0.2) is 9.97 Å². The Balaban J connectivity index is 1.83. The highest BCUT2D eigenvalue weighted by Crippen LogP contribution is 2.24. The minimum Gasteiger partial charge on any atom is -0.383 e. The summed E-state index contributed by atoms with van der Waals surface area (Å²) < 4.78 is 0. The normalized spacial score (nSPS) is 10.3. The van der Waals surface area contributed by atoms with Crippen molar-refractivity contribution in [3.8, 4) is 11.1 Å². The number of nitrogens with zero attached hydrogens (tertiary/aromatic N) is 2. The zero-order valence-electron chi connectivity index (χ0n) is 11.7. The van der Waals surface area contributed by atoms with E-state index in [-0.39, 0.29) is 0 Å². The Morgan fingerprint density at radius 3 is 2.24 bits per heavy atom. The predicted molar refractivity (Wildman–Crippen MR) is 86.3 cm³/mol. The van der Waals surface area contributed by atoms with Crippen molar-refractivity contribution < 1.29 is 0 Å². The van der Waals surface area contributed by atoms with Gasteiger partial charge in [0, 0.05) is 11.3 Å². The monoisotopic (exact) mass is 276 g/mol. The summed E-state index contributed by atoms with van der Waals surface area (Å²) in [6, 6.07) is 18.5. The lowest BCUT2D eigenvalue weighted by Gasteiger charge is -2.10. The van der Waals surface area contributed by atoms with Crippen molar-refractivity contribution in [1.29, 1.82) is 0 Å². The number of hydrogen-bond donors (Lipinski definition) is 2. The first kappa shape index (κ1) is 13.1. The van der Waals surface area contributed by atoms with Crippen LogP contribution < -0.4 is 11.1 Å². The summed E-state index contributed by atoms with van der Waals surface area (Å²) in [5.41, 5.74) is 9.98. The fraction of sp³-hybridized carbons (Fsp3) is 0.0588. The summed E-state index contributed by atoms with van der Waals surface area (Å²) in [4.78, 5) is 8.17. The van der Waals surface area contributed by atoms with Gasteiger partial charge >= 0.3 is 0 Å². The van der Waals surface area contributed by atoms with E-state index in [1.807, 2.05) is 37.3 Å². The van der Waals surface area contributed by atoms with E-state index in [4.69, 9.17) is 5.73 Å². The van der Waals surface area contributed by atoms with Crippen molar-refractivity contribution in [2.45, 2.75) is 6.92 Å². The van der Waals surface area contributed by atoms with Crippen molar-refractivity contribution in [3.63, 3.8) is 0 Å². The van der Waals surface area contributed by atoms with Crippen LogP contribution in [0.1, 0.15) is 5.56 Å². The van der Waals surface area contributed by atoms with Gasteiger partial charge in [0.2, 0.25) is 0 Å². The molecule has 4 nitrogen and oxygen atoms in total. The molecular formula is C17H16N4. The van der Waals surface area contributed by atoms with Gasteiger partial charge in [0.15, 0.2) is 0 Å². The molecule has 0 spiro atoms. The Kier molecular flexibility index (Phi) is 3.51. The second-order valence-corrected chi connectivity index (χ2v) is 4.80. The van der Waals surface area contributed by atoms with Crippen molar-refractivity contribution >= 4 is 17.3 Å². The molecule has 104 valence electrons. The molecule has 0 aliphatic heterocycles. The summed E-state index contributed by atoms with van der Waals surface area (Å²) in [6.45, 7) is 1.90. The summed E-state index contributed by atoms with van der Waals surface area (Å²) in [7, 11) is 0. The molecule has 0 fully saturated rings. The second kappa shape index (κ2) is 5.63. The number of hydrogen-bond acceptors (Lipinski definition) is 4. The number of rotatable bonds is 3. The molecule has 0 amide bonds. The zero-order valence-corrected chi connectivity index (χ0v) is 11.7. The highest BCUT2D eigenvalue weighted by Gasteiger charge is 2.04. The summed E-state index contributed by atoms with van der Waals surface area (Å²) >= 11 is 0. The van der Waals surface area contributed by atoms with E-state index in [0.717, 1.165) is 17.1 Å². The Hall–Kier alpha value is -2.88. The number of aromatic nitrogens is 2. The van der Waals surface area contributed by atoms with Crippen LogP contribution in [0, 0.1) is 6.92 Å². The van der Waals surface area contributed by atoms with E-state index in [1.54, 1.807) is 0 Å². The molecule has 0 saturated heterocycles. The van der Waals surface area contributed by atoms with Gasteiger partial charge in [0.1, 0.15) is 18.0 Å². The van der Waals surface area contributed by atoms with Crippen molar-refractivity contribution in [2.24, 2.45) is 0 Å². The third-order valence-electron chi connectivity index (χ3n) is 3.38. The van der Waals surface area contributed by atoms with Crippen LogP contribution in [0.2, 0.25) is 0 Å². The molecule has 0 atom stereocenters. The molecule has 0 radical (unpaired) electrons. The summed E-state index contributed by atoms with van der Waals surface area (Å²) in [5.74, 6) is 1.23. The van der Waals surface area contributed by atoms with Crippen LogP contribution in [0.5, 0.6) is 0 Å². The Morgan fingerprint density at radius 1 is 0.857 bits per heavy atom. The fourth-order valence-corrected chi connectivity index (χ4v) is 2.10. The topological polar surface area (TPSA) is 63.8 Å². The lowest BCUT2D eigenvalue weighted by Crippen LogP contribution is -2.01. The van der Waals surface area contributed by atoms with Crippen molar-refractivity contribution in [1.82, 2.24) is 9.97 Å². The molecule has 3 aromatic rings. The smallest absolute Gasteiger partial charge is 0.138 e. The van der Waals surface area contributed by atoms with Crippen LogP contribution in [0.3, 0.4) is 0 Å². The lowest BCUT2D eigenvalue weighted by atomic mass is 10.1. The first-order valence-electron chi connectivity index (χ1n) is 6.73. The van der Waals surface area contributed by atoms with Gasteiger partial charge in [-0.25, -0.2) is 9.97 Å². The Morgan fingerprint density at radius 2 is 1.52 bits per heavy atom. The molecule has 4 heteroatoms.